The van der Waals surface area contributed by atoms with Gasteiger partial charge in [0, 0.05) is 32.2 Å². The summed E-state index contributed by atoms with van der Waals surface area (Å²) >= 11 is 0. The number of nitrogens with one attached hydrogen (secondary N) is 1. The van der Waals surface area contributed by atoms with Crippen molar-refractivity contribution >= 4 is 0 Å². The Kier molecular flexibility index (Phi) is 4.99. The monoisotopic (exact) mass is 292 g/mol. The number of ether oxygens (including phenoxy) is 1. The van der Waals surface area contributed by atoms with Gasteiger partial charge in [-0.25, -0.2) is 0 Å². The molecule has 1 saturated carbocycles. The SMILES string of the molecule is COCCN1CCCC1CNCc1ccc(C2CC2C)o1. The zero-order chi connectivity index (χ0) is 14.7. The highest BCUT2D eigenvalue weighted by Gasteiger charge is 2.36. The molecule has 1 aromatic rings. The minimum absolute atomic E-state index is 0.651. The molecule has 1 aliphatic carbocycles. The standard InChI is InChI=1S/C17H28N2O2/c1-13-10-16(13)17-6-5-15(21-17)12-18-11-14-4-3-7-19(14)8-9-20-2/h5-6,13-14,16,18H,3-4,7-12H2,1-2H3. The van der Waals surface area contributed by atoms with E-state index in [4.69, 9.17) is 9.15 Å². The van der Waals surface area contributed by atoms with E-state index < -0.39 is 0 Å². The largest absolute Gasteiger partial charge is 0.464 e. The average molecular weight is 292 g/mol. The van der Waals surface area contributed by atoms with E-state index in [0.717, 1.165) is 37.9 Å². The van der Waals surface area contributed by atoms with Crippen LogP contribution in [-0.4, -0.2) is 44.3 Å². The maximum Gasteiger partial charge on any atom is 0.117 e. The predicted molar refractivity (Wildman–Crippen MR) is 83.4 cm³/mol. The summed E-state index contributed by atoms with van der Waals surface area (Å²) in [6, 6.07) is 4.94. The lowest BCUT2D eigenvalue weighted by Gasteiger charge is -2.24. The summed E-state index contributed by atoms with van der Waals surface area (Å²) in [5.41, 5.74) is 0. The number of methoxy groups -OCH3 is 1. The molecular weight excluding hydrogens is 264 g/mol. The molecule has 21 heavy (non-hydrogen) atoms. The van der Waals surface area contributed by atoms with Crippen LogP contribution < -0.4 is 5.32 Å². The van der Waals surface area contributed by atoms with Crippen LogP contribution in [-0.2, 0) is 11.3 Å². The van der Waals surface area contributed by atoms with E-state index in [1.807, 2.05) is 0 Å². The first-order chi connectivity index (χ1) is 10.3. The third-order valence-corrected chi connectivity index (χ3v) is 4.92. The second-order valence-corrected chi connectivity index (χ2v) is 6.58. The van der Waals surface area contributed by atoms with Gasteiger partial charge in [-0.1, -0.05) is 6.92 Å². The summed E-state index contributed by atoms with van der Waals surface area (Å²) in [5.74, 6) is 3.75. The Morgan fingerprint density at radius 2 is 2.29 bits per heavy atom. The van der Waals surface area contributed by atoms with E-state index in [1.165, 1.54) is 31.6 Å². The molecule has 1 saturated heterocycles. The molecule has 0 spiro atoms. The Morgan fingerprint density at radius 3 is 3.05 bits per heavy atom. The molecule has 0 aromatic carbocycles. The molecule has 0 bridgehead atoms. The molecule has 0 amide bonds. The van der Waals surface area contributed by atoms with Crippen LogP contribution in [0.2, 0.25) is 0 Å². The highest BCUT2D eigenvalue weighted by molar-refractivity contribution is 5.17. The van der Waals surface area contributed by atoms with E-state index in [9.17, 15) is 0 Å². The first-order valence-corrected chi connectivity index (χ1v) is 8.30. The Balaban J connectivity index is 1.40. The van der Waals surface area contributed by atoms with Crippen LogP contribution in [0, 0.1) is 5.92 Å². The third kappa shape index (κ3) is 3.87. The number of likely N-dealkylation sites (tertiary alicyclic amines) is 1. The fourth-order valence-corrected chi connectivity index (χ4v) is 3.40. The third-order valence-electron chi connectivity index (χ3n) is 4.92. The minimum Gasteiger partial charge on any atom is -0.464 e. The summed E-state index contributed by atoms with van der Waals surface area (Å²) in [6.45, 7) is 7.26. The van der Waals surface area contributed by atoms with Gasteiger partial charge in [-0.3, -0.25) is 4.90 Å². The van der Waals surface area contributed by atoms with Crippen LogP contribution in [0.5, 0.6) is 0 Å². The fourth-order valence-electron chi connectivity index (χ4n) is 3.40. The van der Waals surface area contributed by atoms with Gasteiger partial charge in [-0.05, 0) is 43.9 Å². The van der Waals surface area contributed by atoms with Crippen LogP contribution in [0.15, 0.2) is 16.5 Å². The molecule has 4 heteroatoms. The summed E-state index contributed by atoms with van der Waals surface area (Å²) in [4.78, 5) is 2.54. The van der Waals surface area contributed by atoms with Gasteiger partial charge in [0.2, 0.25) is 0 Å². The van der Waals surface area contributed by atoms with E-state index >= 15 is 0 Å². The molecule has 3 atom stereocenters. The van der Waals surface area contributed by atoms with Crippen molar-refractivity contribution in [3.05, 3.63) is 23.7 Å². The van der Waals surface area contributed by atoms with Crippen LogP contribution in [0.1, 0.15) is 43.6 Å². The Hall–Kier alpha value is -0.840. The smallest absolute Gasteiger partial charge is 0.117 e. The lowest BCUT2D eigenvalue weighted by Crippen LogP contribution is -2.39. The van der Waals surface area contributed by atoms with Crippen molar-refractivity contribution in [1.82, 2.24) is 10.2 Å². The number of hydrogen-bond acceptors (Lipinski definition) is 4. The second kappa shape index (κ2) is 6.95. The maximum absolute atomic E-state index is 5.94. The van der Waals surface area contributed by atoms with Crippen molar-refractivity contribution in [2.24, 2.45) is 5.92 Å². The number of nitrogens with zero attached hydrogens (tertiary/aromatic N) is 1. The molecule has 1 N–H and O–H groups in total. The molecule has 1 aliphatic heterocycles. The molecule has 118 valence electrons. The summed E-state index contributed by atoms with van der Waals surface area (Å²) in [5, 5.41) is 3.56. The average Bonchev–Trinajstić information content (AvgIpc) is 2.92. The van der Waals surface area contributed by atoms with Crippen molar-refractivity contribution < 1.29 is 9.15 Å². The van der Waals surface area contributed by atoms with Crippen LogP contribution >= 0.6 is 0 Å². The van der Waals surface area contributed by atoms with Gasteiger partial charge in [0.15, 0.2) is 0 Å². The summed E-state index contributed by atoms with van der Waals surface area (Å²) < 4.78 is 11.1. The number of hydrogen-bond donors (Lipinski definition) is 1. The lowest BCUT2D eigenvalue weighted by molar-refractivity contribution is 0.140. The van der Waals surface area contributed by atoms with Gasteiger partial charge in [0.05, 0.1) is 13.2 Å². The second-order valence-electron chi connectivity index (χ2n) is 6.58. The van der Waals surface area contributed by atoms with Crippen LogP contribution in [0.4, 0.5) is 0 Å². The quantitative estimate of drug-likeness (QED) is 0.799. The molecule has 1 aromatic heterocycles. The Bertz CT molecular complexity index is 446. The van der Waals surface area contributed by atoms with E-state index in [0.29, 0.717) is 12.0 Å². The highest BCUT2D eigenvalue weighted by atomic mass is 16.5. The van der Waals surface area contributed by atoms with E-state index in [1.54, 1.807) is 7.11 Å². The fraction of sp³-hybridized carbons (Fsp3) is 0.765. The van der Waals surface area contributed by atoms with Crippen molar-refractivity contribution in [1.29, 1.82) is 0 Å². The van der Waals surface area contributed by atoms with Gasteiger partial charge in [-0.2, -0.15) is 0 Å². The van der Waals surface area contributed by atoms with E-state index in [-0.39, 0.29) is 0 Å². The lowest BCUT2D eigenvalue weighted by atomic mass is 10.2. The Morgan fingerprint density at radius 1 is 1.43 bits per heavy atom. The normalized spacial score (nSPS) is 29.1. The first kappa shape index (κ1) is 15.1. The first-order valence-electron chi connectivity index (χ1n) is 8.30. The molecule has 2 fully saturated rings. The van der Waals surface area contributed by atoms with Crippen molar-refractivity contribution in [2.45, 2.75) is 44.7 Å². The van der Waals surface area contributed by atoms with Crippen molar-refractivity contribution in [3.63, 3.8) is 0 Å². The molecule has 2 aliphatic rings. The molecule has 4 nitrogen and oxygen atoms in total. The molecule has 2 heterocycles. The van der Waals surface area contributed by atoms with Gasteiger partial charge in [-0.15, -0.1) is 0 Å². The zero-order valence-electron chi connectivity index (χ0n) is 13.3. The molecular formula is C17H28N2O2. The highest BCUT2D eigenvalue weighted by Crippen LogP contribution is 2.47. The van der Waals surface area contributed by atoms with Gasteiger partial charge in [0.1, 0.15) is 11.5 Å². The molecule has 0 radical (unpaired) electrons. The minimum atomic E-state index is 0.651. The van der Waals surface area contributed by atoms with Gasteiger partial charge >= 0.3 is 0 Å². The number of furan rings is 1. The maximum atomic E-state index is 5.94. The van der Waals surface area contributed by atoms with Gasteiger partial charge < -0.3 is 14.5 Å². The molecule has 3 unspecified atom stereocenters. The van der Waals surface area contributed by atoms with Crippen LogP contribution in [0.3, 0.4) is 0 Å². The Labute approximate surface area is 127 Å². The topological polar surface area (TPSA) is 37.6 Å². The molecule has 3 rings (SSSR count). The number of rotatable bonds is 8. The van der Waals surface area contributed by atoms with Gasteiger partial charge in [0.25, 0.3) is 0 Å². The zero-order valence-corrected chi connectivity index (χ0v) is 13.3. The summed E-state index contributed by atoms with van der Waals surface area (Å²) in [6.07, 6.45) is 3.89. The predicted octanol–water partition coefficient (Wildman–Crippen LogP) is 2.60. The van der Waals surface area contributed by atoms with E-state index in [2.05, 4.69) is 29.3 Å². The van der Waals surface area contributed by atoms with Crippen molar-refractivity contribution in [3.8, 4) is 0 Å². The summed E-state index contributed by atoms with van der Waals surface area (Å²) in [7, 11) is 1.78. The van der Waals surface area contributed by atoms with Crippen LogP contribution in [0.25, 0.3) is 0 Å². The van der Waals surface area contributed by atoms with Crippen molar-refractivity contribution in [2.75, 3.05) is 33.4 Å².